The van der Waals surface area contributed by atoms with E-state index in [2.05, 4.69) is 4.99 Å². The van der Waals surface area contributed by atoms with E-state index in [1.807, 2.05) is 0 Å². The zero-order valence-electron chi connectivity index (χ0n) is 13.7. The molecule has 1 aliphatic carbocycles. The highest BCUT2D eigenvalue weighted by Gasteiger charge is 2.39. The number of Topliss-reactive ketones (excluding diaryl/α,β-unsaturated/α-hetero) is 1. The third-order valence-electron chi connectivity index (χ3n) is 4.87. The first-order chi connectivity index (χ1) is 12.1. The van der Waals surface area contributed by atoms with Crippen molar-refractivity contribution in [2.24, 2.45) is 18.0 Å². The fourth-order valence-corrected chi connectivity index (χ4v) is 4.57. The van der Waals surface area contributed by atoms with E-state index in [0.717, 1.165) is 25.7 Å². The van der Waals surface area contributed by atoms with Crippen LogP contribution in [-0.4, -0.2) is 22.4 Å². The van der Waals surface area contributed by atoms with E-state index in [-0.39, 0.29) is 29.2 Å². The van der Waals surface area contributed by atoms with Crippen molar-refractivity contribution in [3.63, 3.8) is 0 Å². The molecule has 2 atom stereocenters. The van der Waals surface area contributed by atoms with E-state index in [0.29, 0.717) is 15.0 Å². The van der Waals surface area contributed by atoms with Gasteiger partial charge >= 0.3 is 0 Å². The number of hydrogen-bond acceptors (Lipinski definition) is 4. The predicted molar refractivity (Wildman–Crippen MR) is 91.2 cm³/mol. The van der Waals surface area contributed by atoms with E-state index in [1.165, 1.54) is 28.2 Å². The van der Waals surface area contributed by atoms with Crippen molar-refractivity contribution in [3.05, 3.63) is 40.7 Å². The number of aryl methyl sites for hydroxylation is 1. The second-order valence-corrected chi connectivity index (χ2v) is 7.42. The average Bonchev–Trinajstić information content (AvgIpc) is 2.92. The molecule has 1 fully saturated rings. The van der Waals surface area contributed by atoms with Gasteiger partial charge in [-0.15, -0.1) is 0 Å². The largest absolute Gasteiger partial charge is 0.496 e. The second-order valence-electron chi connectivity index (χ2n) is 6.41. The Balaban J connectivity index is 1.71. The van der Waals surface area contributed by atoms with Crippen LogP contribution >= 0.6 is 11.3 Å². The van der Waals surface area contributed by atoms with Gasteiger partial charge in [-0.25, -0.2) is 4.39 Å². The Bertz CT molecular complexity index is 972. The van der Waals surface area contributed by atoms with Crippen LogP contribution in [0.25, 0.3) is 10.2 Å². The number of nitrogens with zero attached hydrogens (tertiary/aromatic N) is 2. The third-order valence-corrected chi connectivity index (χ3v) is 5.96. The smallest absolute Gasteiger partial charge is 0.286 e. The molecular formula is C18H17FN2O3S. The summed E-state index contributed by atoms with van der Waals surface area (Å²) in [5, 5.41) is 0. The maximum absolute atomic E-state index is 14.0. The molecule has 2 unspecified atom stereocenters. The molecule has 2 aromatic rings. The molecule has 0 bridgehead atoms. The molecule has 1 aliphatic heterocycles. The number of halogens is 1. The fraction of sp³-hybridized carbons (Fsp3) is 0.389. The monoisotopic (exact) mass is 360 g/mol. The van der Waals surface area contributed by atoms with Crippen LogP contribution in [0.15, 0.2) is 35.0 Å². The van der Waals surface area contributed by atoms with Gasteiger partial charge in [0.05, 0.1) is 22.4 Å². The van der Waals surface area contributed by atoms with Crippen LogP contribution in [0, 0.1) is 11.7 Å². The van der Waals surface area contributed by atoms with Crippen LogP contribution in [0.1, 0.15) is 25.7 Å². The summed E-state index contributed by atoms with van der Waals surface area (Å²) >= 11 is 1.21. The molecule has 5 nitrogen and oxygen atoms in total. The maximum atomic E-state index is 14.0. The van der Waals surface area contributed by atoms with Gasteiger partial charge in [-0.05, 0) is 31.4 Å². The maximum Gasteiger partial charge on any atom is 0.286 e. The van der Waals surface area contributed by atoms with Crippen LogP contribution < -0.4 is 4.80 Å². The zero-order chi connectivity index (χ0) is 17.6. The van der Waals surface area contributed by atoms with Crippen molar-refractivity contribution >= 4 is 33.2 Å². The van der Waals surface area contributed by atoms with Crippen LogP contribution in [0.4, 0.5) is 4.39 Å². The lowest BCUT2D eigenvalue weighted by Gasteiger charge is -2.33. The molecule has 7 heteroatoms. The average molecular weight is 360 g/mol. The molecule has 1 amide bonds. The molecule has 1 saturated carbocycles. The predicted octanol–water partition coefficient (Wildman–Crippen LogP) is 2.85. The van der Waals surface area contributed by atoms with E-state index in [9.17, 15) is 14.0 Å². The van der Waals surface area contributed by atoms with E-state index >= 15 is 0 Å². The molecule has 0 N–H and O–H groups in total. The molecule has 2 heterocycles. The number of carbonyl (C=O) groups is 2. The normalized spacial score (nSPS) is 24.0. The molecule has 0 spiro atoms. The Morgan fingerprint density at radius 2 is 2.16 bits per heavy atom. The minimum absolute atomic E-state index is 0.0129. The first-order valence-electron chi connectivity index (χ1n) is 8.29. The van der Waals surface area contributed by atoms with Crippen molar-refractivity contribution in [3.8, 4) is 0 Å². The highest BCUT2D eigenvalue weighted by atomic mass is 32.1. The Morgan fingerprint density at radius 3 is 2.96 bits per heavy atom. The summed E-state index contributed by atoms with van der Waals surface area (Å²) in [6, 6.07) is 4.75. The molecule has 25 heavy (non-hydrogen) atoms. The quantitative estimate of drug-likeness (QED) is 0.735. The van der Waals surface area contributed by atoms with Crippen molar-refractivity contribution in [2.45, 2.75) is 31.8 Å². The second kappa shape index (κ2) is 6.22. The number of para-hydroxylation sites is 1. The van der Waals surface area contributed by atoms with Crippen molar-refractivity contribution in [2.75, 3.05) is 0 Å². The van der Waals surface area contributed by atoms with E-state index in [4.69, 9.17) is 4.74 Å². The van der Waals surface area contributed by atoms with Gasteiger partial charge in [0.15, 0.2) is 10.6 Å². The van der Waals surface area contributed by atoms with Crippen molar-refractivity contribution in [1.29, 1.82) is 0 Å². The van der Waals surface area contributed by atoms with E-state index < -0.39 is 5.91 Å². The van der Waals surface area contributed by atoms with Gasteiger partial charge in [-0.1, -0.05) is 23.8 Å². The van der Waals surface area contributed by atoms with Crippen LogP contribution in [0.5, 0.6) is 0 Å². The molecule has 0 radical (unpaired) electrons. The first-order valence-corrected chi connectivity index (χ1v) is 9.11. The molecular weight excluding hydrogens is 343 g/mol. The van der Waals surface area contributed by atoms with Gasteiger partial charge in [0.2, 0.25) is 0 Å². The minimum Gasteiger partial charge on any atom is -0.496 e. The summed E-state index contributed by atoms with van der Waals surface area (Å²) in [4.78, 5) is 29.5. The Morgan fingerprint density at radius 1 is 1.36 bits per heavy atom. The van der Waals surface area contributed by atoms with Gasteiger partial charge in [-0.2, -0.15) is 4.99 Å². The van der Waals surface area contributed by atoms with Crippen LogP contribution in [-0.2, 0) is 21.4 Å². The Hall–Kier alpha value is -2.28. The summed E-state index contributed by atoms with van der Waals surface area (Å²) < 4.78 is 21.8. The Kier molecular flexibility index (Phi) is 4.03. The zero-order valence-corrected chi connectivity index (χ0v) is 14.5. The van der Waals surface area contributed by atoms with Gasteiger partial charge < -0.3 is 9.30 Å². The molecule has 130 valence electrons. The summed E-state index contributed by atoms with van der Waals surface area (Å²) in [5.74, 6) is -1.43. The summed E-state index contributed by atoms with van der Waals surface area (Å²) in [6.07, 6.45) is 4.74. The number of amides is 1. The highest BCUT2D eigenvalue weighted by Crippen LogP contribution is 2.33. The Labute approximate surface area is 147 Å². The number of hydrogen-bond donors (Lipinski definition) is 0. The van der Waals surface area contributed by atoms with Gasteiger partial charge in [-0.3, -0.25) is 9.59 Å². The van der Waals surface area contributed by atoms with Crippen LogP contribution in [0.3, 0.4) is 0 Å². The first kappa shape index (κ1) is 16.2. The van der Waals surface area contributed by atoms with Gasteiger partial charge in [0.1, 0.15) is 17.5 Å². The molecule has 4 rings (SSSR count). The van der Waals surface area contributed by atoms with Crippen LogP contribution in [0.2, 0.25) is 0 Å². The van der Waals surface area contributed by atoms with Gasteiger partial charge in [0, 0.05) is 7.05 Å². The SMILES string of the molecule is Cn1c(=NC(=O)C2=COC3CCCCC3C2=O)sc2cccc(F)c21. The van der Waals surface area contributed by atoms with Crippen molar-refractivity contribution in [1.82, 2.24) is 4.57 Å². The number of aromatic nitrogens is 1. The number of benzene rings is 1. The highest BCUT2D eigenvalue weighted by molar-refractivity contribution is 7.16. The third kappa shape index (κ3) is 2.72. The molecule has 0 saturated heterocycles. The van der Waals surface area contributed by atoms with E-state index in [1.54, 1.807) is 19.2 Å². The lowest BCUT2D eigenvalue weighted by molar-refractivity contribution is -0.130. The molecule has 1 aromatic heterocycles. The summed E-state index contributed by atoms with van der Waals surface area (Å²) in [5.41, 5.74) is 0.382. The number of ketones is 1. The number of rotatable bonds is 1. The lowest BCUT2D eigenvalue weighted by Crippen LogP contribution is -2.38. The van der Waals surface area contributed by atoms with Gasteiger partial charge in [0.25, 0.3) is 5.91 Å². The lowest BCUT2D eigenvalue weighted by atomic mass is 9.80. The number of ether oxygens (including phenoxy) is 1. The summed E-state index contributed by atoms with van der Waals surface area (Å²) in [7, 11) is 1.65. The number of carbonyl (C=O) groups excluding carboxylic acids is 2. The van der Waals surface area contributed by atoms with Crippen molar-refractivity contribution < 1.29 is 18.7 Å². The standard InChI is InChI=1S/C18H17FN2O3S/c1-21-15-12(19)6-4-8-14(15)25-18(21)20-17(23)11-9-24-13-7-3-2-5-10(13)16(11)22/h4,6,8-10,13H,2-3,5,7H2,1H3. The minimum atomic E-state index is -0.628. The topological polar surface area (TPSA) is 60.7 Å². The number of thiazole rings is 1. The molecule has 2 aliphatic rings. The summed E-state index contributed by atoms with van der Waals surface area (Å²) in [6.45, 7) is 0. The molecule has 1 aromatic carbocycles. The number of fused-ring (bicyclic) bond motifs is 2. The fourth-order valence-electron chi connectivity index (χ4n) is 3.54.